The fourth-order valence-electron chi connectivity index (χ4n) is 2.71. The number of nitrogens with two attached hydrogens (primary N) is 1. The number of rotatable bonds is 1. The van der Waals surface area contributed by atoms with Crippen LogP contribution in [-0.4, -0.2) is 17.5 Å². The maximum atomic E-state index is 5.89. The highest BCUT2D eigenvalue weighted by Crippen LogP contribution is 2.59. The minimum atomic E-state index is 0. The van der Waals surface area contributed by atoms with E-state index in [0.717, 1.165) is 0 Å². The van der Waals surface area contributed by atoms with Crippen molar-refractivity contribution in [3.05, 3.63) is 0 Å². The number of nitrogens with zero attached hydrogens (tertiary/aromatic N) is 1. The number of nitrogens with one attached hydrogen (secondary N) is 1. The maximum absolute atomic E-state index is 5.89. The lowest BCUT2D eigenvalue weighted by Gasteiger charge is -2.21. The summed E-state index contributed by atoms with van der Waals surface area (Å²) in [5.74, 6) is 0.622. The van der Waals surface area contributed by atoms with Gasteiger partial charge in [-0.2, -0.15) is 0 Å². The van der Waals surface area contributed by atoms with Crippen molar-refractivity contribution in [3.8, 4) is 0 Å². The summed E-state index contributed by atoms with van der Waals surface area (Å²) in [6.07, 6.45) is 6.77. The van der Waals surface area contributed by atoms with Crippen molar-refractivity contribution in [3.63, 3.8) is 0 Å². The van der Waals surface area contributed by atoms with E-state index in [1.807, 2.05) is 0 Å². The summed E-state index contributed by atoms with van der Waals surface area (Å²) in [6.45, 7) is 6.31. The summed E-state index contributed by atoms with van der Waals surface area (Å²) in [5, 5.41) is 3.22. The molecule has 2 aliphatic carbocycles. The van der Waals surface area contributed by atoms with Gasteiger partial charge in [-0.3, -0.25) is 0 Å². The Morgan fingerprint density at radius 3 is 2.38 bits per heavy atom. The molecule has 2 rings (SSSR count). The lowest BCUT2D eigenvalue weighted by atomic mass is 10.1. The Bertz CT molecular complexity index is 274. The number of aliphatic imine (C=N–C) groups is 1. The van der Waals surface area contributed by atoms with Gasteiger partial charge in [0.05, 0.1) is 6.04 Å². The Hall–Kier alpha value is 0. The molecule has 0 aromatic heterocycles. The summed E-state index contributed by atoms with van der Waals surface area (Å²) < 4.78 is 0. The number of hydrogen-bond acceptors (Lipinski definition) is 1. The van der Waals surface area contributed by atoms with Crippen LogP contribution in [0.1, 0.15) is 52.9 Å². The van der Waals surface area contributed by atoms with Gasteiger partial charge in [0.1, 0.15) is 0 Å². The first-order chi connectivity index (χ1) is 6.91. The van der Waals surface area contributed by atoms with Gasteiger partial charge in [-0.25, -0.2) is 4.99 Å². The zero-order chi connectivity index (χ0) is 11.1. The first kappa shape index (κ1) is 14.1. The molecule has 3 N–H and O–H groups in total. The molecular weight excluding hydrogens is 313 g/mol. The van der Waals surface area contributed by atoms with Gasteiger partial charge >= 0.3 is 0 Å². The van der Waals surface area contributed by atoms with Crippen molar-refractivity contribution in [2.75, 3.05) is 0 Å². The molecule has 0 aliphatic heterocycles. The van der Waals surface area contributed by atoms with Crippen molar-refractivity contribution >= 4 is 29.9 Å². The molecule has 0 aromatic carbocycles. The third-order valence-electron chi connectivity index (χ3n) is 3.54. The number of halogens is 1. The molecule has 0 saturated heterocycles. The predicted octanol–water partition coefficient (Wildman–Crippen LogP) is 2.64. The summed E-state index contributed by atoms with van der Waals surface area (Å²) in [4.78, 5) is 4.59. The predicted molar refractivity (Wildman–Crippen MR) is 79.2 cm³/mol. The first-order valence-corrected chi connectivity index (χ1v) is 6.03. The Labute approximate surface area is 116 Å². The molecule has 4 heteroatoms. The molecule has 16 heavy (non-hydrogen) atoms. The highest BCUT2D eigenvalue weighted by Gasteiger charge is 2.55. The van der Waals surface area contributed by atoms with E-state index in [0.29, 0.717) is 17.4 Å². The van der Waals surface area contributed by atoms with Crippen molar-refractivity contribution in [2.45, 2.75) is 64.5 Å². The molecule has 2 aliphatic rings. The van der Waals surface area contributed by atoms with E-state index in [2.05, 4.69) is 31.1 Å². The largest absolute Gasteiger partial charge is 0.370 e. The molecule has 0 radical (unpaired) electrons. The van der Waals surface area contributed by atoms with Crippen LogP contribution < -0.4 is 11.1 Å². The zero-order valence-corrected chi connectivity index (χ0v) is 12.9. The highest BCUT2D eigenvalue weighted by molar-refractivity contribution is 14.0. The normalized spacial score (nSPS) is 27.7. The lowest BCUT2D eigenvalue weighted by molar-refractivity contribution is 0.496. The molecule has 0 heterocycles. The van der Waals surface area contributed by atoms with E-state index < -0.39 is 0 Å². The van der Waals surface area contributed by atoms with Crippen LogP contribution in [0.25, 0.3) is 0 Å². The van der Waals surface area contributed by atoms with Gasteiger partial charge in [-0.1, -0.05) is 12.8 Å². The zero-order valence-electron chi connectivity index (χ0n) is 10.5. The Kier molecular flexibility index (Phi) is 4.13. The van der Waals surface area contributed by atoms with E-state index in [1.54, 1.807) is 0 Å². The summed E-state index contributed by atoms with van der Waals surface area (Å²) >= 11 is 0. The van der Waals surface area contributed by atoms with Crippen LogP contribution in [0, 0.1) is 5.41 Å². The smallest absolute Gasteiger partial charge is 0.189 e. The summed E-state index contributed by atoms with van der Waals surface area (Å²) in [5.41, 5.74) is 6.47. The maximum Gasteiger partial charge on any atom is 0.189 e. The molecule has 0 amide bonds. The fraction of sp³-hybridized carbons (Fsp3) is 0.917. The number of guanidine groups is 1. The monoisotopic (exact) mass is 337 g/mol. The molecule has 0 bridgehead atoms. The van der Waals surface area contributed by atoms with Gasteiger partial charge in [0.2, 0.25) is 0 Å². The van der Waals surface area contributed by atoms with Gasteiger partial charge in [-0.05, 0) is 45.4 Å². The van der Waals surface area contributed by atoms with Crippen LogP contribution in [0.4, 0.5) is 0 Å². The SMILES string of the molecule is CC(C)(C)NC(N)=NC1CC12CCCC2.I. The molecule has 1 atom stereocenters. The molecule has 1 spiro atoms. The second-order valence-corrected chi connectivity index (χ2v) is 6.18. The molecule has 2 saturated carbocycles. The Morgan fingerprint density at radius 1 is 1.31 bits per heavy atom. The third kappa shape index (κ3) is 3.25. The van der Waals surface area contributed by atoms with E-state index in [-0.39, 0.29) is 29.5 Å². The Morgan fingerprint density at radius 2 is 1.88 bits per heavy atom. The Balaban J connectivity index is 0.00000128. The van der Waals surface area contributed by atoms with Gasteiger partial charge in [-0.15, -0.1) is 24.0 Å². The average molecular weight is 337 g/mol. The molecule has 2 fully saturated rings. The van der Waals surface area contributed by atoms with Gasteiger partial charge < -0.3 is 11.1 Å². The first-order valence-electron chi connectivity index (χ1n) is 6.03. The van der Waals surface area contributed by atoms with Gasteiger partial charge in [0.25, 0.3) is 0 Å². The molecule has 0 aromatic rings. The van der Waals surface area contributed by atoms with Gasteiger partial charge in [0, 0.05) is 5.54 Å². The molecule has 3 nitrogen and oxygen atoms in total. The fourth-order valence-corrected chi connectivity index (χ4v) is 2.71. The standard InChI is InChI=1S/C12H23N3.HI/c1-11(2,3)15-10(13)14-9-8-12(9)6-4-5-7-12;/h9H,4-8H2,1-3H3,(H3,13,14,15);1H. The van der Waals surface area contributed by atoms with E-state index in [4.69, 9.17) is 5.73 Å². The third-order valence-corrected chi connectivity index (χ3v) is 3.54. The summed E-state index contributed by atoms with van der Waals surface area (Å²) in [6, 6.07) is 0.509. The number of hydrogen-bond donors (Lipinski definition) is 2. The minimum Gasteiger partial charge on any atom is -0.370 e. The van der Waals surface area contributed by atoms with Crippen LogP contribution in [0.3, 0.4) is 0 Å². The van der Waals surface area contributed by atoms with Crippen molar-refractivity contribution < 1.29 is 0 Å². The molecular formula is C12H24IN3. The van der Waals surface area contributed by atoms with Crippen LogP contribution in [0.5, 0.6) is 0 Å². The van der Waals surface area contributed by atoms with Crippen LogP contribution >= 0.6 is 24.0 Å². The van der Waals surface area contributed by atoms with Crippen LogP contribution in [-0.2, 0) is 0 Å². The van der Waals surface area contributed by atoms with Crippen LogP contribution in [0.2, 0.25) is 0 Å². The molecule has 94 valence electrons. The topological polar surface area (TPSA) is 50.4 Å². The molecule has 1 unspecified atom stereocenters. The second kappa shape index (κ2) is 4.70. The minimum absolute atomic E-state index is 0. The second-order valence-electron chi connectivity index (χ2n) is 6.18. The van der Waals surface area contributed by atoms with Crippen molar-refractivity contribution in [1.82, 2.24) is 5.32 Å². The van der Waals surface area contributed by atoms with E-state index in [9.17, 15) is 0 Å². The average Bonchev–Trinajstić information content (AvgIpc) is 2.54. The van der Waals surface area contributed by atoms with E-state index in [1.165, 1.54) is 32.1 Å². The lowest BCUT2D eigenvalue weighted by Crippen LogP contribution is -2.45. The van der Waals surface area contributed by atoms with Crippen molar-refractivity contribution in [1.29, 1.82) is 0 Å². The van der Waals surface area contributed by atoms with E-state index >= 15 is 0 Å². The van der Waals surface area contributed by atoms with Crippen LogP contribution in [0.15, 0.2) is 4.99 Å². The van der Waals surface area contributed by atoms with Crippen molar-refractivity contribution in [2.24, 2.45) is 16.1 Å². The summed E-state index contributed by atoms with van der Waals surface area (Å²) in [7, 11) is 0. The van der Waals surface area contributed by atoms with Gasteiger partial charge in [0.15, 0.2) is 5.96 Å². The quantitative estimate of drug-likeness (QED) is 0.439. The highest BCUT2D eigenvalue weighted by atomic mass is 127.